The van der Waals surface area contributed by atoms with Gasteiger partial charge in [-0.25, -0.2) is 0 Å². The van der Waals surface area contributed by atoms with E-state index in [-0.39, 0.29) is 32.2 Å². The summed E-state index contributed by atoms with van der Waals surface area (Å²) in [6.07, 6.45) is 0. The van der Waals surface area contributed by atoms with Crippen LogP contribution in [-0.2, 0) is 0 Å². The molecule has 0 aliphatic carbocycles. The number of rotatable bonds is 0. The molecule has 0 heterocycles. The number of alkyl halides is 3. The van der Waals surface area contributed by atoms with E-state index in [1.807, 2.05) is 0 Å². The highest BCUT2D eigenvalue weighted by Gasteiger charge is 1.86. The van der Waals surface area contributed by atoms with Crippen molar-refractivity contribution in [2.24, 2.45) is 0 Å². The molecule has 0 saturated carbocycles. The lowest BCUT2D eigenvalue weighted by atomic mass is 11.6. The molecule has 50 valence electrons. The fraction of sp³-hybridized carbons (Fsp3) is 1.00. The summed E-state index contributed by atoms with van der Waals surface area (Å²) >= 11 is 0. The Balaban J connectivity index is -0.0000000150. The molecule has 0 amide bonds. The Morgan fingerprint density at radius 3 is 0.857 bits per heavy atom. The second-order valence-corrected chi connectivity index (χ2v) is 0.247. The maximum Gasteiger partial charge on any atom is 0.379 e. The molecule has 0 saturated heterocycles. The summed E-state index contributed by atoms with van der Waals surface area (Å²) in [4.78, 5) is 0. The van der Waals surface area contributed by atoms with Crippen LogP contribution >= 0.6 is 24.8 Å². The zero-order valence-electron chi connectivity index (χ0n) is 2.53. The van der Waals surface area contributed by atoms with Crippen molar-refractivity contribution in [3.8, 4) is 0 Å². The van der Waals surface area contributed by atoms with Gasteiger partial charge in [-0.3, -0.25) is 0 Å². The van der Waals surface area contributed by atoms with Gasteiger partial charge in [-0.1, -0.05) is 7.43 Å². The molecule has 0 unspecified atom stereocenters. The molecule has 0 rings (SSSR count). The highest BCUT2D eigenvalue weighted by atomic mass is 35.5. The molecular weight excluding hydrogens is 152 g/mol. The molecule has 0 aliphatic heterocycles. The first-order valence-corrected chi connectivity index (χ1v) is 0.655. The summed E-state index contributed by atoms with van der Waals surface area (Å²) < 4.78 is 29.0. The number of hydrogen-bond acceptors (Lipinski definition) is 0. The van der Waals surface area contributed by atoms with Crippen molar-refractivity contribution in [3.05, 3.63) is 0 Å². The van der Waals surface area contributed by atoms with Crippen LogP contribution in [0.3, 0.4) is 0 Å². The smallest absolute Gasteiger partial charge is 0.174 e. The molecule has 0 radical (unpaired) electrons. The van der Waals surface area contributed by atoms with Gasteiger partial charge in [-0.05, 0) is 0 Å². The van der Waals surface area contributed by atoms with E-state index >= 15 is 0 Å². The molecule has 7 heavy (non-hydrogen) atoms. The minimum absolute atomic E-state index is 0. The molecule has 0 aliphatic rings. The van der Waals surface area contributed by atoms with Crippen molar-refractivity contribution >= 4 is 24.8 Å². The monoisotopic (exact) mass is 158 g/mol. The normalized spacial score (nSPS) is 5.14. The van der Waals surface area contributed by atoms with Crippen LogP contribution in [0.4, 0.5) is 13.2 Å². The van der Waals surface area contributed by atoms with Gasteiger partial charge in [0.15, 0.2) is 0 Å². The van der Waals surface area contributed by atoms with Gasteiger partial charge in [0.05, 0.1) is 0 Å². The quantitative estimate of drug-likeness (QED) is 0.509. The second-order valence-electron chi connectivity index (χ2n) is 0.247. The molecular formula is C2H7Cl2F3. The number of hydrogen-bond donors (Lipinski definition) is 0. The maximum atomic E-state index is 9.67. The predicted octanol–water partition coefficient (Wildman–Crippen LogP) is 2.66. The third-order valence-electron chi connectivity index (χ3n) is 0. The summed E-state index contributed by atoms with van der Waals surface area (Å²) in [7, 11) is 0. The van der Waals surface area contributed by atoms with Gasteiger partial charge in [0.2, 0.25) is 0 Å². The third kappa shape index (κ3) is 889. The van der Waals surface area contributed by atoms with Gasteiger partial charge in [0, 0.05) is 0 Å². The Labute approximate surface area is 52.9 Å². The standard InChI is InChI=1S/CHF3.CH4.2ClH/c2-1(3)4;;;/h1H;1H4;2*1H. The molecule has 0 aromatic carbocycles. The molecule has 0 atom stereocenters. The maximum absolute atomic E-state index is 9.67. The minimum Gasteiger partial charge on any atom is -0.174 e. The molecule has 0 fully saturated rings. The number of halogens is 5. The van der Waals surface area contributed by atoms with Crippen LogP contribution in [0.15, 0.2) is 0 Å². The van der Waals surface area contributed by atoms with E-state index in [0.717, 1.165) is 0 Å². The molecule has 0 bridgehead atoms. The van der Waals surface area contributed by atoms with Gasteiger partial charge in [0.25, 0.3) is 0 Å². The zero-order chi connectivity index (χ0) is 3.58. The van der Waals surface area contributed by atoms with E-state index < -0.39 is 6.68 Å². The Morgan fingerprint density at radius 1 is 0.857 bits per heavy atom. The predicted molar refractivity (Wildman–Crippen MR) is 28.3 cm³/mol. The summed E-state index contributed by atoms with van der Waals surface area (Å²) in [5, 5.41) is 0. The van der Waals surface area contributed by atoms with Crippen LogP contribution in [0.25, 0.3) is 0 Å². The van der Waals surface area contributed by atoms with E-state index in [2.05, 4.69) is 0 Å². The van der Waals surface area contributed by atoms with Crippen LogP contribution in [-0.4, -0.2) is 6.68 Å². The Morgan fingerprint density at radius 2 is 0.857 bits per heavy atom. The third-order valence-corrected chi connectivity index (χ3v) is 0. The highest BCUT2D eigenvalue weighted by Crippen LogP contribution is 1.87. The Hall–Kier alpha value is 0.370. The minimum atomic E-state index is -3.67. The molecule has 5 heteroatoms. The van der Waals surface area contributed by atoms with E-state index in [4.69, 9.17) is 0 Å². The van der Waals surface area contributed by atoms with Gasteiger partial charge in [0.1, 0.15) is 0 Å². The molecule has 0 N–H and O–H groups in total. The van der Waals surface area contributed by atoms with Crippen LogP contribution in [0.2, 0.25) is 0 Å². The lowest BCUT2D eigenvalue weighted by Crippen LogP contribution is -1.65. The Kier molecular flexibility index (Phi) is 60.8. The fourth-order valence-corrected chi connectivity index (χ4v) is 0. The van der Waals surface area contributed by atoms with Crippen LogP contribution in [0.5, 0.6) is 0 Å². The average molecular weight is 159 g/mol. The van der Waals surface area contributed by atoms with E-state index in [9.17, 15) is 13.2 Å². The van der Waals surface area contributed by atoms with E-state index in [1.54, 1.807) is 0 Å². The first-order valence-electron chi connectivity index (χ1n) is 0.655. The topological polar surface area (TPSA) is 0 Å². The first kappa shape index (κ1) is 26.3. The Bertz CT molecular complexity index is 15.7. The average Bonchev–Trinajstić information content (AvgIpc) is 0.811. The van der Waals surface area contributed by atoms with Gasteiger partial charge >= 0.3 is 6.68 Å². The van der Waals surface area contributed by atoms with E-state index in [0.29, 0.717) is 0 Å². The second kappa shape index (κ2) is 16.2. The van der Waals surface area contributed by atoms with Crippen LogP contribution in [0.1, 0.15) is 7.43 Å². The van der Waals surface area contributed by atoms with Gasteiger partial charge in [-0.15, -0.1) is 24.8 Å². The molecule has 0 spiro atoms. The zero-order valence-corrected chi connectivity index (χ0v) is 4.16. The first-order chi connectivity index (χ1) is 1.73. The van der Waals surface area contributed by atoms with Crippen molar-refractivity contribution < 1.29 is 13.2 Å². The van der Waals surface area contributed by atoms with Crippen molar-refractivity contribution in [1.82, 2.24) is 0 Å². The van der Waals surface area contributed by atoms with Gasteiger partial charge < -0.3 is 0 Å². The van der Waals surface area contributed by atoms with Crippen molar-refractivity contribution in [2.45, 2.75) is 14.1 Å². The lowest BCUT2D eigenvalue weighted by molar-refractivity contribution is 0.00819. The summed E-state index contributed by atoms with van der Waals surface area (Å²) in [6.45, 7) is -3.67. The highest BCUT2D eigenvalue weighted by molar-refractivity contribution is 5.85. The van der Waals surface area contributed by atoms with Crippen LogP contribution < -0.4 is 0 Å². The fourth-order valence-electron chi connectivity index (χ4n) is 0. The molecule has 0 aromatic rings. The molecule has 0 nitrogen and oxygen atoms in total. The van der Waals surface area contributed by atoms with Crippen molar-refractivity contribution in [1.29, 1.82) is 0 Å². The summed E-state index contributed by atoms with van der Waals surface area (Å²) in [6, 6.07) is 0. The van der Waals surface area contributed by atoms with Crippen LogP contribution in [0, 0.1) is 0 Å². The molecule has 0 aromatic heterocycles. The van der Waals surface area contributed by atoms with Crippen molar-refractivity contribution in [2.75, 3.05) is 0 Å². The largest absolute Gasteiger partial charge is 0.379 e. The van der Waals surface area contributed by atoms with Crippen molar-refractivity contribution in [3.63, 3.8) is 0 Å². The van der Waals surface area contributed by atoms with E-state index in [1.165, 1.54) is 0 Å². The SMILES string of the molecule is C.Cl.Cl.FC(F)F. The lowest BCUT2D eigenvalue weighted by Gasteiger charge is -1.65. The van der Waals surface area contributed by atoms with Gasteiger partial charge in [-0.2, -0.15) is 13.2 Å². The summed E-state index contributed by atoms with van der Waals surface area (Å²) in [5.41, 5.74) is 0. The summed E-state index contributed by atoms with van der Waals surface area (Å²) in [5.74, 6) is 0.